The average Bonchev–Trinajstić information content (AvgIpc) is 2.75. The third-order valence-corrected chi connectivity index (χ3v) is 1.91. The molecule has 1 heterocycles. The fourth-order valence-electron chi connectivity index (χ4n) is 1.15. The number of carbonyl (C=O) groups is 2. The Balaban J connectivity index is 2.43. The van der Waals surface area contributed by atoms with Gasteiger partial charge in [-0.3, -0.25) is 14.3 Å². The molecule has 4 N–H and O–H groups in total. The van der Waals surface area contributed by atoms with Crippen molar-refractivity contribution in [2.24, 2.45) is 5.73 Å². The predicted octanol–water partition coefficient (Wildman–Crippen LogP) is -1.90. The van der Waals surface area contributed by atoms with Gasteiger partial charge in [0.25, 0.3) is 5.91 Å². The Hall–Kier alpha value is -1.96. The van der Waals surface area contributed by atoms with Crippen molar-refractivity contribution >= 4 is 11.8 Å². The maximum atomic E-state index is 11.5. The van der Waals surface area contributed by atoms with E-state index >= 15 is 0 Å². The lowest BCUT2D eigenvalue weighted by atomic mass is 10.4. The molecule has 0 fully saturated rings. The molecule has 1 aromatic rings. The van der Waals surface area contributed by atoms with Crippen LogP contribution in [0.15, 0.2) is 6.20 Å². The van der Waals surface area contributed by atoms with Gasteiger partial charge in [0.2, 0.25) is 5.91 Å². The van der Waals surface area contributed by atoms with E-state index in [9.17, 15) is 9.59 Å². The highest BCUT2D eigenvalue weighted by molar-refractivity contribution is 5.94. The third-order valence-electron chi connectivity index (χ3n) is 1.91. The summed E-state index contributed by atoms with van der Waals surface area (Å²) in [7, 11) is 0. The van der Waals surface area contributed by atoms with Crippen LogP contribution in [0.3, 0.4) is 0 Å². The number of nitrogens with zero attached hydrogens (tertiary/aromatic N) is 3. The van der Waals surface area contributed by atoms with E-state index in [1.165, 1.54) is 10.9 Å². The number of amides is 2. The molecule has 0 aliphatic rings. The summed E-state index contributed by atoms with van der Waals surface area (Å²) in [4.78, 5) is 22.6. The molecule has 0 saturated carbocycles. The monoisotopic (exact) mass is 240 g/mol. The maximum absolute atomic E-state index is 11.5. The molecule has 0 atom stereocenters. The molecule has 1 rings (SSSR count). The molecule has 0 aliphatic heterocycles. The van der Waals surface area contributed by atoms with E-state index in [1.54, 1.807) is 6.92 Å². The van der Waals surface area contributed by atoms with Gasteiger partial charge in [-0.2, -0.15) is 0 Å². The van der Waals surface area contributed by atoms with Crippen molar-refractivity contribution in [1.82, 2.24) is 25.6 Å². The summed E-state index contributed by atoms with van der Waals surface area (Å²) < 4.78 is 1.47. The van der Waals surface area contributed by atoms with Crippen LogP contribution in [-0.2, 0) is 11.3 Å². The van der Waals surface area contributed by atoms with Crippen molar-refractivity contribution < 1.29 is 9.59 Å². The molecule has 17 heavy (non-hydrogen) atoms. The predicted molar refractivity (Wildman–Crippen MR) is 60.1 cm³/mol. The van der Waals surface area contributed by atoms with Gasteiger partial charge in [0.05, 0.1) is 19.3 Å². The number of hydrogen-bond donors (Lipinski definition) is 3. The highest BCUT2D eigenvalue weighted by Gasteiger charge is 2.11. The number of carbonyl (C=O) groups excluding carboxylic acids is 2. The largest absolute Gasteiger partial charge is 0.355 e. The minimum absolute atomic E-state index is 0.0730. The van der Waals surface area contributed by atoms with Gasteiger partial charge in [0.1, 0.15) is 0 Å². The quantitative estimate of drug-likeness (QED) is 0.537. The number of aromatic nitrogens is 3. The molecule has 0 spiro atoms. The van der Waals surface area contributed by atoms with Crippen molar-refractivity contribution in [2.45, 2.75) is 13.5 Å². The van der Waals surface area contributed by atoms with Gasteiger partial charge in [-0.25, -0.2) is 0 Å². The van der Waals surface area contributed by atoms with Crippen molar-refractivity contribution in [1.29, 1.82) is 0 Å². The maximum Gasteiger partial charge on any atom is 0.273 e. The Morgan fingerprint density at radius 1 is 1.47 bits per heavy atom. The van der Waals surface area contributed by atoms with Gasteiger partial charge in [-0.15, -0.1) is 5.10 Å². The summed E-state index contributed by atoms with van der Waals surface area (Å²) in [5, 5.41) is 12.4. The zero-order valence-electron chi connectivity index (χ0n) is 9.64. The van der Waals surface area contributed by atoms with Gasteiger partial charge in [0, 0.05) is 13.1 Å². The molecule has 8 nitrogen and oxygen atoms in total. The number of nitrogens with two attached hydrogens (primary N) is 1. The van der Waals surface area contributed by atoms with Crippen molar-refractivity contribution in [3.8, 4) is 0 Å². The fraction of sp³-hybridized carbons (Fsp3) is 0.556. The van der Waals surface area contributed by atoms with Crippen molar-refractivity contribution in [3.05, 3.63) is 11.9 Å². The summed E-state index contributed by atoms with van der Waals surface area (Å²) >= 11 is 0. The molecular weight excluding hydrogens is 224 g/mol. The highest BCUT2D eigenvalue weighted by atomic mass is 16.2. The van der Waals surface area contributed by atoms with Crippen LogP contribution >= 0.6 is 0 Å². The first kappa shape index (κ1) is 13.1. The van der Waals surface area contributed by atoms with E-state index in [1.807, 2.05) is 0 Å². The summed E-state index contributed by atoms with van der Waals surface area (Å²) in [6.07, 6.45) is 1.49. The van der Waals surface area contributed by atoms with Crippen LogP contribution in [-0.4, -0.2) is 46.4 Å². The molecule has 0 unspecified atom stereocenters. The van der Waals surface area contributed by atoms with E-state index in [2.05, 4.69) is 20.9 Å². The van der Waals surface area contributed by atoms with Crippen LogP contribution in [0.2, 0.25) is 0 Å². The topological polar surface area (TPSA) is 115 Å². The number of nitrogens with one attached hydrogen (secondary N) is 2. The van der Waals surface area contributed by atoms with Crippen molar-refractivity contribution in [2.75, 3.05) is 19.6 Å². The minimum atomic E-state index is -0.431. The Morgan fingerprint density at radius 3 is 2.88 bits per heavy atom. The number of hydrogen-bond acceptors (Lipinski definition) is 5. The molecule has 0 saturated heterocycles. The second kappa shape index (κ2) is 6.59. The highest BCUT2D eigenvalue weighted by Crippen LogP contribution is 1.92. The van der Waals surface area contributed by atoms with Crippen LogP contribution in [0.4, 0.5) is 0 Å². The molecule has 8 heteroatoms. The average molecular weight is 240 g/mol. The fourth-order valence-corrected chi connectivity index (χ4v) is 1.15. The smallest absolute Gasteiger partial charge is 0.273 e. The Bertz CT molecular complexity index is 389. The van der Waals surface area contributed by atoms with Gasteiger partial charge < -0.3 is 16.4 Å². The van der Waals surface area contributed by atoms with Crippen LogP contribution < -0.4 is 16.4 Å². The molecule has 94 valence electrons. The van der Waals surface area contributed by atoms with E-state index in [0.29, 0.717) is 19.6 Å². The summed E-state index contributed by atoms with van der Waals surface area (Å²) in [5.41, 5.74) is 5.50. The number of rotatable bonds is 6. The second-order valence-corrected chi connectivity index (χ2v) is 3.29. The first-order chi connectivity index (χ1) is 8.17. The van der Waals surface area contributed by atoms with Crippen LogP contribution in [0.1, 0.15) is 17.4 Å². The SMILES string of the molecule is CCNC(=O)CNC(=O)c1cn(CCN)nn1. The van der Waals surface area contributed by atoms with Gasteiger partial charge in [-0.05, 0) is 6.92 Å². The minimum Gasteiger partial charge on any atom is -0.355 e. The first-order valence-electron chi connectivity index (χ1n) is 5.32. The molecular formula is C9H16N6O2. The summed E-state index contributed by atoms with van der Waals surface area (Å²) in [6.45, 7) is 3.18. The van der Waals surface area contributed by atoms with E-state index in [4.69, 9.17) is 5.73 Å². The Morgan fingerprint density at radius 2 is 2.24 bits per heavy atom. The lowest BCUT2D eigenvalue weighted by molar-refractivity contribution is -0.120. The lowest BCUT2D eigenvalue weighted by Crippen LogP contribution is -2.36. The third kappa shape index (κ3) is 4.19. The van der Waals surface area contributed by atoms with Gasteiger partial charge in [0.15, 0.2) is 5.69 Å². The van der Waals surface area contributed by atoms with Crippen LogP contribution in [0.5, 0.6) is 0 Å². The Labute approximate surface area is 98.5 Å². The molecule has 0 aromatic carbocycles. The Kier molecular flexibility index (Phi) is 5.08. The lowest BCUT2D eigenvalue weighted by Gasteiger charge is -2.02. The van der Waals surface area contributed by atoms with E-state index in [-0.39, 0.29) is 18.1 Å². The second-order valence-electron chi connectivity index (χ2n) is 3.29. The van der Waals surface area contributed by atoms with Gasteiger partial charge >= 0.3 is 0 Å². The summed E-state index contributed by atoms with van der Waals surface area (Å²) in [6, 6.07) is 0. The zero-order valence-corrected chi connectivity index (χ0v) is 9.64. The molecule has 0 radical (unpaired) electrons. The van der Waals surface area contributed by atoms with Gasteiger partial charge in [-0.1, -0.05) is 5.21 Å². The first-order valence-corrected chi connectivity index (χ1v) is 5.32. The van der Waals surface area contributed by atoms with Crippen LogP contribution in [0, 0.1) is 0 Å². The van der Waals surface area contributed by atoms with Crippen LogP contribution in [0.25, 0.3) is 0 Å². The van der Waals surface area contributed by atoms with E-state index in [0.717, 1.165) is 0 Å². The summed E-state index contributed by atoms with van der Waals surface area (Å²) in [5.74, 6) is -0.672. The normalized spacial score (nSPS) is 10.0. The number of likely N-dealkylation sites (N-methyl/N-ethyl adjacent to an activating group) is 1. The molecule has 2 amide bonds. The zero-order chi connectivity index (χ0) is 12.7. The van der Waals surface area contributed by atoms with Crippen molar-refractivity contribution in [3.63, 3.8) is 0 Å². The van der Waals surface area contributed by atoms with E-state index < -0.39 is 5.91 Å². The standard InChI is InChI=1S/C9H16N6O2/c1-2-11-8(16)5-12-9(17)7-6-15(4-3-10)14-13-7/h6H,2-5,10H2,1H3,(H,11,16)(H,12,17). The molecule has 0 aliphatic carbocycles. The molecule has 1 aromatic heterocycles. The molecule has 0 bridgehead atoms.